The summed E-state index contributed by atoms with van der Waals surface area (Å²) in [6.45, 7) is -0.155. The van der Waals surface area contributed by atoms with Gasteiger partial charge in [0.25, 0.3) is 0 Å². The maximum Gasteiger partial charge on any atom is 0.371 e. The molecule has 0 unspecified atom stereocenters. The minimum atomic E-state index is -2.03. The number of hydrogen-bond donors (Lipinski definition) is 12. The third-order valence-corrected chi connectivity index (χ3v) is 10.2. The molecule has 3 fully saturated rings. The van der Waals surface area contributed by atoms with E-state index in [-0.39, 0.29) is 44.4 Å². The predicted molar refractivity (Wildman–Crippen MR) is 185 cm³/mol. The van der Waals surface area contributed by atoms with Crippen LogP contribution in [0.5, 0.6) is 17.2 Å². The van der Waals surface area contributed by atoms with Crippen molar-refractivity contribution in [2.75, 3.05) is 13.2 Å². The van der Waals surface area contributed by atoms with E-state index >= 15 is 0 Å². The molecule has 0 radical (unpaired) electrons. The van der Waals surface area contributed by atoms with E-state index in [2.05, 4.69) is 0 Å². The molecule has 0 bridgehead atoms. The average molecular weight is 826 g/mol. The van der Waals surface area contributed by atoms with Crippen molar-refractivity contribution < 1.29 is 108 Å². The zero-order valence-corrected chi connectivity index (χ0v) is 30.0. The number of aromatic hydroxyl groups is 2. The highest BCUT2D eigenvalue weighted by Crippen LogP contribution is 2.45. The predicted octanol–water partition coefficient (Wildman–Crippen LogP) is -3.19. The van der Waals surface area contributed by atoms with E-state index in [1.54, 1.807) is 0 Å². The number of hydrogen-bond acceptors (Lipinski definition) is 20. The second kappa shape index (κ2) is 16.3. The Hall–Kier alpha value is -4.50. The van der Waals surface area contributed by atoms with E-state index < -0.39 is 129 Å². The first kappa shape index (κ1) is 41.7. The van der Waals surface area contributed by atoms with E-state index in [4.69, 9.17) is 37.3 Å². The molecule has 22 heteroatoms. The van der Waals surface area contributed by atoms with Crippen LogP contribution in [0.3, 0.4) is 0 Å². The Bertz CT molecular complexity index is 2180. The van der Waals surface area contributed by atoms with Crippen molar-refractivity contribution in [1.29, 1.82) is 0 Å². The third-order valence-electron chi connectivity index (χ3n) is 10.2. The van der Waals surface area contributed by atoms with Crippen molar-refractivity contribution >= 4 is 27.9 Å². The molecule has 2 aromatic heterocycles. The highest BCUT2D eigenvalue weighted by molar-refractivity contribution is 6.11. The zero-order chi connectivity index (χ0) is 41.9. The summed E-state index contributed by atoms with van der Waals surface area (Å²) in [5.74, 6) is -3.94. The van der Waals surface area contributed by atoms with Crippen LogP contribution < -0.4 is 10.2 Å². The van der Waals surface area contributed by atoms with Crippen LogP contribution in [0.25, 0.3) is 33.3 Å². The number of aliphatic hydroxyl groups excluding tert-OH is 9. The van der Waals surface area contributed by atoms with Gasteiger partial charge in [-0.2, -0.15) is 0 Å². The second-order valence-corrected chi connectivity index (χ2v) is 14.1. The number of carboxylic acid groups (broad SMARTS) is 1. The summed E-state index contributed by atoms with van der Waals surface area (Å²) >= 11 is 0. The molecular formula is C36H41O22+. The van der Waals surface area contributed by atoms with Gasteiger partial charge < -0.3 is 98.5 Å². The van der Waals surface area contributed by atoms with Gasteiger partial charge in [0.2, 0.25) is 12.1 Å². The standard InChI is InChI=1S/C36H40O22/c1-10-22(41)27(46)32(58-34-28(47)25(44)23(42)19(8-37)55-34)36(52-10)51-9-20-24(43)26(45)29(48)35(56-20)57-31-13-7-18(33(49)50)53-16-5-12(38)6-17(21(13)16)54-30(31)11-2-3-14(39)15(40)4-11/h2-7,10,19-20,22-29,32,34-37,39-48H,8-9H2,1H3,(H,49,50)/p+1/t10-,19+,20+,22-,23+,24+,25-,26-,27+,28+,29+,32+,34-,35-,36+/m0/s1. The molecule has 0 spiro atoms. The number of carboxylic acids is 1. The van der Waals surface area contributed by atoms with Crippen LogP contribution >= 0.6 is 0 Å². The maximum atomic E-state index is 12.1. The summed E-state index contributed by atoms with van der Waals surface area (Å²) in [6, 6.07) is 6.78. The topological polar surface area (TPSA) is 363 Å². The van der Waals surface area contributed by atoms with E-state index in [0.717, 1.165) is 24.3 Å². The van der Waals surface area contributed by atoms with Gasteiger partial charge in [-0.25, -0.2) is 4.79 Å². The van der Waals surface area contributed by atoms with E-state index in [0.29, 0.717) is 0 Å². The van der Waals surface area contributed by atoms with Gasteiger partial charge in [-0.15, -0.1) is 0 Å². The van der Waals surface area contributed by atoms with E-state index in [9.17, 15) is 70.9 Å². The van der Waals surface area contributed by atoms with Crippen molar-refractivity contribution in [2.24, 2.45) is 0 Å². The van der Waals surface area contributed by atoms with Crippen LogP contribution in [0.1, 0.15) is 17.5 Å². The lowest BCUT2D eigenvalue weighted by Gasteiger charge is -2.46. The molecule has 2 aromatic carbocycles. The van der Waals surface area contributed by atoms with Crippen molar-refractivity contribution in [2.45, 2.75) is 99.0 Å². The van der Waals surface area contributed by atoms with Crippen LogP contribution in [0.4, 0.5) is 0 Å². The molecule has 0 amide bonds. The number of aromatic carboxylic acids is 1. The highest BCUT2D eigenvalue weighted by atomic mass is 16.8. The SMILES string of the molecule is C[C@@H]1O[C@@H](OC[C@H]2O[C@@H](Oc3c(-c4ccc(O)c(O)c4)oc4cc(=[OH+])cc5oc(C(=O)O)cc3c54)[C@H](O)[C@@H](O)[C@@H]2O)[C@H](O[C@@H]2O[C@H](CO)[C@@H](O)[C@H](O)[C@H]2O)[C@H](O)[C@H]1O. The minimum absolute atomic E-state index is 0.0191. The molecule has 316 valence electrons. The first-order chi connectivity index (χ1) is 27.5. The van der Waals surface area contributed by atoms with E-state index in [1.165, 1.54) is 19.1 Å². The van der Waals surface area contributed by atoms with Crippen LogP contribution in [-0.2, 0) is 23.7 Å². The normalized spacial score (nSPS) is 35.7. The maximum absolute atomic E-state index is 12.1. The number of phenolic OH excluding ortho intramolecular Hbond substituents is 2. The molecule has 4 aromatic rings. The van der Waals surface area contributed by atoms with Gasteiger partial charge in [-0.05, 0) is 25.1 Å². The Labute approximate surface area is 324 Å². The van der Waals surface area contributed by atoms with Gasteiger partial charge in [-0.3, -0.25) is 4.79 Å². The van der Waals surface area contributed by atoms with Gasteiger partial charge in [0, 0.05) is 17.0 Å². The second-order valence-electron chi connectivity index (χ2n) is 14.1. The molecule has 3 aliphatic heterocycles. The molecule has 15 atom stereocenters. The lowest BCUT2D eigenvalue weighted by atomic mass is 9.97. The van der Waals surface area contributed by atoms with Crippen LogP contribution in [0.15, 0.2) is 45.2 Å². The number of phenols is 2. The van der Waals surface area contributed by atoms with Crippen LogP contribution in [-0.4, -0.2) is 177 Å². The fourth-order valence-electron chi connectivity index (χ4n) is 6.96. The number of carbonyl (C=O) groups is 1. The van der Waals surface area contributed by atoms with Gasteiger partial charge in [0.15, 0.2) is 35.6 Å². The molecule has 22 nitrogen and oxygen atoms in total. The molecule has 0 aliphatic carbocycles. The van der Waals surface area contributed by atoms with Crippen molar-refractivity contribution in [3.63, 3.8) is 0 Å². The summed E-state index contributed by atoms with van der Waals surface area (Å²) in [5, 5.41) is 125. The monoisotopic (exact) mass is 825 g/mol. The lowest BCUT2D eigenvalue weighted by Crippen LogP contribution is -2.64. The third kappa shape index (κ3) is 7.60. The lowest BCUT2D eigenvalue weighted by molar-refractivity contribution is -0.369. The van der Waals surface area contributed by atoms with Crippen molar-refractivity contribution in [1.82, 2.24) is 0 Å². The summed E-state index contributed by atoms with van der Waals surface area (Å²) in [5.41, 5.74) is -0.616. The van der Waals surface area contributed by atoms with Gasteiger partial charge in [-0.1, -0.05) is 0 Å². The average Bonchev–Trinajstić information content (AvgIpc) is 3.19. The number of aliphatic hydroxyl groups is 9. The zero-order valence-electron chi connectivity index (χ0n) is 30.0. The first-order valence-corrected chi connectivity index (χ1v) is 17.8. The summed E-state index contributed by atoms with van der Waals surface area (Å²) in [6.07, 6.45) is -26.1. The summed E-state index contributed by atoms with van der Waals surface area (Å²) in [4.78, 5) is 22.5. The Balaban J connectivity index is 1.21. The molecule has 7 rings (SSSR count). The Kier molecular flexibility index (Phi) is 11.7. The minimum Gasteiger partial charge on any atom is -0.504 e. The number of rotatable bonds is 10. The van der Waals surface area contributed by atoms with E-state index in [1.807, 2.05) is 0 Å². The molecule has 0 saturated carbocycles. The Morgan fingerprint density at radius 1 is 0.724 bits per heavy atom. The Morgan fingerprint density at radius 2 is 1.36 bits per heavy atom. The van der Waals surface area contributed by atoms with Gasteiger partial charge >= 0.3 is 11.4 Å². The molecule has 3 aliphatic rings. The molecule has 5 heterocycles. The fourth-order valence-corrected chi connectivity index (χ4v) is 6.96. The molecule has 3 saturated heterocycles. The van der Waals surface area contributed by atoms with Crippen LogP contribution in [0, 0.1) is 0 Å². The van der Waals surface area contributed by atoms with Crippen molar-refractivity contribution in [3.05, 3.63) is 47.6 Å². The largest absolute Gasteiger partial charge is 0.504 e. The molecule has 13 N–H and O–H groups in total. The molecular weight excluding hydrogens is 784 g/mol. The number of benzene rings is 2. The Morgan fingerprint density at radius 3 is 2.02 bits per heavy atom. The fraction of sp³-hybridized carbons (Fsp3) is 0.500. The van der Waals surface area contributed by atoms with Crippen molar-refractivity contribution in [3.8, 4) is 28.6 Å². The quantitative estimate of drug-likeness (QED) is 0.0554. The van der Waals surface area contributed by atoms with Crippen LogP contribution in [0.2, 0.25) is 0 Å². The highest BCUT2D eigenvalue weighted by Gasteiger charge is 2.51. The summed E-state index contributed by atoms with van der Waals surface area (Å²) in [7, 11) is 0. The smallest absolute Gasteiger partial charge is 0.371 e. The van der Waals surface area contributed by atoms with Gasteiger partial charge in [0.1, 0.15) is 78.3 Å². The van der Waals surface area contributed by atoms with Gasteiger partial charge in [0.05, 0.1) is 36.8 Å². The summed E-state index contributed by atoms with van der Waals surface area (Å²) < 4.78 is 46.1. The first-order valence-electron chi connectivity index (χ1n) is 17.8. The number of ether oxygens (including phenoxy) is 6. The molecule has 58 heavy (non-hydrogen) atoms.